The van der Waals surface area contributed by atoms with E-state index in [-0.39, 0.29) is 11.9 Å². The number of carbonyl (C=O) groups is 1. The molecule has 2 heterocycles. The minimum absolute atomic E-state index is 0.0422. The van der Waals surface area contributed by atoms with Crippen molar-refractivity contribution in [1.29, 1.82) is 0 Å². The highest BCUT2D eigenvalue weighted by Crippen LogP contribution is 2.28. The molecular formula is C23H27ClN6O2. The summed E-state index contributed by atoms with van der Waals surface area (Å²) in [5.41, 5.74) is 3.51. The lowest BCUT2D eigenvalue weighted by Crippen LogP contribution is -2.41. The van der Waals surface area contributed by atoms with Gasteiger partial charge in [-0.3, -0.25) is 4.79 Å². The van der Waals surface area contributed by atoms with Gasteiger partial charge < -0.3 is 14.2 Å². The minimum Gasteiger partial charge on any atom is -0.423 e. The number of carbonyl (C=O) groups excluding carboxylic acids is 1. The van der Waals surface area contributed by atoms with Crippen LogP contribution in [-0.2, 0) is 0 Å². The van der Waals surface area contributed by atoms with E-state index in [1.165, 1.54) is 5.12 Å². The number of aryl methyl sites for hydroxylation is 1. The van der Waals surface area contributed by atoms with Crippen LogP contribution in [-0.4, -0.2) is 47.7 Å². The number of anilines is 2. The number of amides is 1. The highest BCUT2D eigenvalue weighted by Gasteiger charge is 2.29. The second-order valence-electron chi connectivity index (χ2n) is 7.97. The van der Waals surface area contributed by atoms with E-state index in [0.29, 0.717) is 41.0 Å². The summed E-state index contributed by atoms with van der Waals surface area (Å²) in [5, 5.41) is 5.97. The van der Waals surface area contributed by atoms with Crippen LogP contribution in [0.15, 0.2) is 45.9 Å². The summed E-state index contributed by atoms with van der Waals surface area (Å²) in [7, 11) is 0. The maximum absolute atomic E-state index is 13.6. The predicted molar refractivity (Wildman–Crippen MR) is 128 cm³/mol. The number of hydrazone groups is 1. The molecule has 0 spiro atoms. The molecule has 0 aliphatic carbocycles. The zero-order valence-electron chi connectivity index (χ0n) is 18.5. The van der Waals surface area contributed by atoms with Crippen LogP contribution in [0.25, 0.3) is 11.1 Å². The third-order valence-corrected chi connectivity index (χ3v) is 5.93. The predicted octanol–water partition coefficient (Wildman–Crippen LogP) is 4.22. The third-order valence-electron chi connectivity index (χ3n) is 5.70. The molecule has 1 aromatic heterocycles. The Kier molecular flexibility index (Phi) is 6.34. The average Bonchev–Trinajstić information content (AvgIpc) is 3.08. The Morgan fingerprint density at radius 3 is 2.88 bits per heavy atom. The van der Waals surface area contributed by atoms with E-state index in [1.54, 1.807) is 25.3 Å². The summed E-state index contributed by atoms with van der Waals surface area (Å²) in [6, 6.07) is 11.6. The number of hydrogen-bond donors (Lipinski definition) is 1. The number of aromatic nitrogens is 1. The fraction of sp³-hybridized carbons (Fsp3) is 0.348. The van der Waals surface area contributed by atoms with Crippen LogP contribution in [0.2, 0.25) is 5.02 Å². The smallest absolute Gasteiger partial charge is 0.298 e. The fourth-order valence-corrected chi connectivity index (χ4v) is 4.10. The van der Waals surface area contributed by atoms with E-state index >= 15 is 0 Å². The number of nitrogens with two attached hydrogens (primary N) is 1. The van der Waals surface area contributed by atoms with Crippen LogP contribution in [0, 0.1) is 6.92 Å². The summed E-state index contributed by atoms with van der Waals surface area (Å²) in [4.78, 5) is 22.1. The number of hydrazine groups is 1. The maximum Gasteiger partial charge on any atom is 0.298 e. The zero-order chi connectivity index (χ0) is 22.8. The van der Waals surface area contributed by atoms with Gasteiger partial charge in [0, 0.05) is 36.9 Å². The van der Waals surface area contributed by atoms with Gasteiger partial charge in [-0.05, 0) is 57.5 Å². The lowest BCUT2D eigenvalue weighted by atomic mass is 10.1. The van der Waals surface area contributed by atoms with E-state index in [9.17, 15) is 4.79 Å². The van der Waals surface area contributed by atoms with Gasteiger partial charge in [0.05, 0.1) is 11.3 Å². The first-order chi connectivity index (χ1) is 15.4. The molecule has 0 saturated carbocycles. The molecule has 8 nitrogen and oxygen atoms in total. The van der Waals surface area contributed by atoms with Crippen molar-refractivity contribution in [2.24, 2.45) is 10.9 Å². The Bertz CT molecular complexity index is 1160. The van der Waals surface area contributed by atoms with Crippen LogP contribution < -0.4 is 15.9 Å². The second-order valence-corrected chi connectivity index (χ2v) is 8.41. The molecule has 3 aromatic rings. The fourth-order valence-electron chi connectivity index (χ4n) is 3.94. The van der Waals surface area contributed by atoms with Crippen molar-refractivity contribution in [3.05, 3.63) is 52.5 Å². The van der Waals surface area contributed by atoms with Crippen molar-refractivity contribution in [1.82, 2.24) is 9.88 Å². The largest absolute Gasteiger partial charge is 0.423 e. The Morgan fingerprint density at radius 1 is 1.28 bits per heavy atom. The summed E-state index contributed by atoms with van der Waals surface area (Å²) in [6.07, 6.45) is 2.37. The standard InChI is InChI=1S/C23H27ClN6O2/c1-4-26-30(25)20-7-5-15(2)13-18(20)22(31)29-12-11-28(10-9-16(29)3)23-27-19-14-17(24)6-8-21(19)32-23/h4-8,13-14,16H,9-12,25H2,1-3H3. The molecular weight excluding hydrogens is 428 g/mol. The van der Waals surface area contributed by atoms with Crippen molar-refractivity contribution in [3.8, 4) is 0 Å². The SMILES string of the molecule is CC=NN(N)c1ccc(C)cc1C(=O)N1CCN(c2nc3cc(Cl)ccc3o2)CCC1C. The average molecular weight is 455 g/mol. The van der Waals surface area contributed by atoms with Gasteiger partial charge in [-0.1, -0.05) is 23.2 Å². The molecule has 9 heteroatoms. The van der Waals surface area contributed by atoms with E-state index < -0.39 is 0 Å². The summed E-state index contributed by atoms with van der Waals surface area (Å²) < 4.78 is 5.94. The van der Waals surface area contributed by atoms with Gasteiger partial charge in [-0.25, -0.2) is 5.84 Å². The lowest BCUT2D eigenvalue weighted by molar-refractivity contribution is 0.0705. The van der Waals surface area contributed by atoms with Gasteiger partial charge in [0.2, 0.25) is 0 Å². The van der Waals surface area contributed by atoms with Gasteiger partial charge in [0.15, 0.2) is 5.58 Å². The highest BCUT2D eigenvalue weighted by atomic mass is 35.5. The zero-order valence-corrected chi connectivity index (χ0v) is 19.2. The number of halogens is 1. The number of oxazole rings is 1. The van der Waals surface area contributed by atoms with Gasteiger partial charge in [-0.15, -0.1) is 0 Å². The molecule has 1 unspecified atom stereocenters. The van der Waals surface area contributed by atoms with Gasteiger partial charge in [0.25, 0.3) is 11.9 Å². The number of benzene rings is 2. The van der Waals surface area contributed by atoms with Crippen molar-refractivity contribution in [3.63, 3.8) is 0 Å². The Morgan fingerprint density at radius 2 is 2.09 bits per heavy atom. The van der Waals surface area contributed by atoms with E-state index in [2.05, 4.69) is 21.9 Å². The Balaban J connectivity index is 1.58. The molecule has 168 valence electrons. The minimum atomic E-state index is -0.0656. The van der Waals surface area contributed by atoms with E-state index in [1.807, 2.05) is 36.1 Å². The van der Waals surface area contributed by atoms with Gasteiger partial charge in [0.1, 0.15) is 5.52 Å². The van der Waals surface area contributed by atoms with Crippen LogP contribution in [0.3, 0.4) is 0 Å². The Hall–Kier alpha value is -3.10. The van der Waals surface area contributed by atoms with Crippen LogP contribution in [0.4, 0.5) is 11.7 Å². The molecule has 1 aliphatic rings. The first-order valence-electron chi connectivity index (χ1n) is 10.6. The third kappa shape index (κ3) is 4.42. The molecule has 0 bridgehead atoms. The quantitative estimate of drug-likeness (QED) is 0.360. The van der Waals surface area contributed by atoms with E-state index in [0.717, 1.165) is 24.0 Å². The molecule has 1 fully saturated rings. The molecule has 4 rings (SSSR count). The Labute approximate surface area is 192 Å². The maximum atomic E-state index is 13.6. The van der Waals surface area contributed by atoms with Crippen LogP contribution in [0.5, 0.6) is 0 Å². The van der Waals surface area contributed by atoms with Gasteiger partial charge in [-0.2, -0.15) is 15.2 Å². The van der Waals surface area contributed by atoms with Gasteiger partial charge >= 0.3 is 0 Å². The molecule has 1 atom stereocenters. The number of rotatable bonds is 4. The van der Waals surface area contributed by atoms with E-state index in [4.69, 9.17) is 21.9 Å². The molecule has 0 radical (unpaired) electrons. The van der Waals surface area contributed by atoms with Crippen LogP contribution >= 0.6 is 11.6 Å². The molecule has 32 heavy (non-hydrogen) atoms. The van der Waals surface area contributed by atoms with Crippen LogP contribution in [0.1, 0.15) is 36.2 Å². The topological polar surface area (TPSA) is 91.2 Å². The molecule has 1 saturated heterocycles. The summed E-state index contributed by atoms with van der Waals surface area (Å²) >= 11 is 6.08. The number of nitrogens with zero attached hydrogens (tertiary/aromatic N) is 5. The van der Waals surface area contributed by atoms with Crippen molar-refractivity contribution >= 4 is 46.5 Å². The van der Waals surface area contributed by atoms with Crippen molar-refractivity contribution < 1.29 is 9.21 Å². The lowest BCUT2D eigenvalue weighted by Gasteiger charge is -2.28. The number of fused-ring (bicyclic) bond motifs is 1. The molecule has 1 amide bonds. The number of hydrogen-bond acceptors (Lipinski definition) is 7. The normalized spacial score (nSPS) is 17.2. The summed E-state index contributed by atoms with van der Waals surface area (Å²) in [5.74, 6) is 6.00. The van der Waals surface area contributed by atoms with Crippen molar-refractivity contribution in [2.45, 2.75) is 33.2 Å². The molecule has 2 N–H and O–H groups in total. The monoisotopic (exact) mass is 454 g/mol. The molecule has 2 aromatic carbocycles. The first kappa shape index (κ1) is 22.1. The second kappa shape index (κ2) is 9.18. The summed E-state index contributed by atoms with van der Waals surface area (Å²) in [6.45, 7) is 7.67. The molecule has 1 aliphatic heterocycles. The highest BCUT2D eigenvalue weighted by molar-refractivity contribution is 6.31. The van der Waals surface area contributed by atoms with Crippen molar-refractivity contribution in [2.75, 3.05) is 29.7 Å². The first-order valence-corrected chi connectivity index (χ1v) is 11.0.